The molecule has 0 N–H and O–H groups in total. The monoisotopic (exact) mass is 726 g/mol. The highest BCUT2D eigenvalue weighted by Crippen LogP contribution is 2.46. The highest BCUT2D eigenvalue weighted by atomic mass is 16.3. The van der Waals surface area contributed by atoms with Crippen LogP contribution in [0.2, 0.25) is 0 Å². The molecule has 9 aromatic carbocycles. The fourth-order valence-corrected chi connectivity index (χ4v) is 9.79. The number of hydrogen-bond acceptors (Lipinski definition) is 4. The smallest absolute Gasteiger partial charge is 0.252 e. The van der Waals surface area contributed by atoms with Crippen molar-refractivity contribution >= 4 is 112 Å². The van der Waals surface area contributed by atoms with Crippen LogP contribution in [0.4, 0.5) is 34.1 Å². The Balaban J connectivity index is 0.985. The second-order valence-corrected chi connectivity index (χ2v) is 15.2. The van der Waals surface area contributed by atoms with E-state index in [9.17, 15) is 0 Å². The summed E-state index contributed by atoms with van der Waals surface area (Å²) in [6, 6.07) is 67.8. The van der Waals surface area contributed by atoms with Crippen LogP contribution in [0, 0.1) is 0 Å². The van der Waals surface area contributed by atoms with E-state index in [1.807, 2.05) is 12.1 Å². The van der Waals surface area contributed by atoms with Crippen molar-refractivity contribution in [1.82, 2.24) is 0 Å². The molecule has 4 heterocycles. The number of anilines is 6. The van der Waals surface area contributed by atoms with E-state index >= 15 is 0 Å². The Bertz CT molecular complexity index is 3450. The number of hydrogen-bond donors (Lipinski definition) is 0. The van der Waals surface area contributed by atoms with Gasteiger partial charge in [0.1, 0.15) is 22.3 Å². The zero-order valence-corrected chi connectivity index (χ0v) is 30.7. The van der Waals surface area contributed by atoms with Crippen LogP contribution in [0.15, 0.2) is 197 Å². The Morgan fingerprint density at radius 2 is 0.947 bits per heavy atom. The lowest BCUT2D eigenvalue weighted by Gasteiger charge is -2.44. The lowest BCUT2D eigenvalue weighted by Crippen LogP contribution is -2.61. The molecule has 0 saturated heterocycles. The summed E-state index contributed by atoms with van der Waals surface area (Å²) in [5.41, 5.74) is 16.7. The maximum Gasteiger partial charge on any atom is 0.252 e. The van der Waals surface area contributed by atoms with Crippen LogP contribution in [-0.4, -0.2) is 6.71 Å². The number of fused-ring (bicyclic) bond motifs is 12. The van der Waals surface area contributed by atoms with Gasteiger partial charge < -0.3 is 18.6 Å². The maximum atomic E-state index is 6.55. The SMILES string of the molecule is c1ccc2c(c1)B1c3ccccc3N(c3ccc4oc5c6ccccc6ccc5c4c3)c3cccc(c31)N2c1ccc(-c2cccc3c2oc2ccccc23)cc1. The van der Waals surface area contributed by atoms with Crippen molar-refractivity contribution in [3.63, 3.8) is 0 Å². The Morgan fingerprint density at radius 3 is 1.75 bits per heavy atom. The molecule has 0 bridgehead atoms. The van der Waals surface area contributed by atoms with Crippen LogP contribution < -0.4 is 26.2 Å². The van der Waals surface area contributed by atoms with E-state index in [1.165, 1.54) is 44.5 Å². The van der Waals surface area contributed by atoms with Gasteiger partial charge in [-0.25, -0.2) is 0 Å². The summed E-state index contributed by atoms with van der Waals surface area (Å²) >= 11 is 0. The van der Waals surface area contributed by atoms with Gasteiger partial charge >= 0.3 is 0 Å². The molecule has 11 aromatic rings. The van der Waals surface area contributed by atoms with Crippen molar-refractivity contribution in [1.29, 1.82) is 0 Å². The molecule has 0 atom stereocenters. The van der Waals surface area contributed by atoms with Gasteiger partial charge in [-0.15, -0.1) is 0 Å². The second-order valence-electron chi connectivity index (χ2n) is 15.2. The van der Waals surface area contributed by atoms with Crippen LogP contribution in [0.1, 0.15) is 0 Å². The van der Waals surface area contributed by atoms with Crippen molar-refractivity contribution in [3.8, 4) is 11.1 Å². The molecule has 0 saturated carbocycles. The molecule has 2 aromatic heterocycles. The van der Waals surface area contributed by atoms with Crippen LogP contribution in [0.3, 0.4) is 0 Å². The molecular weight excluding hydrogens is 695 g/mol. The van der Waals surface area contributed by atoms with Crippen molar-refractivity contribution in [2.24, 2.45) is 0 Å². The topological polar surface area (TPSA) is 32.8 Å². The Labute approximate surface area is 328 Å². The van der Waals surface area contributed by atoms with E-state index in [2.05, 4.69) is 186 Å². The van der Waals surface area contributed by atoms with Crippen molar-refractivity contribution in [3.05, 3.63) is 188 Å². The van der Waals surface area contributed by atoms with Gasteiger partial charge in [0.05, 0.1) is 0 Å². The van der Waals surface area contributed by atoms with E-state index in [0.29, 0.717) is 0 Å². The minimum Gasteiger partial charge on any atom is -0.455 e. The number of benzene rings is 9. The fourth-order valence-electron chi connectivity index (χ4n) is 9.79. The molecular formula is C52H31BN2O2. The van der Waals surface area contributed by atoms with Crippen molar-refractivity contribution < 1.29 is 8.83 Å². The predicted molar refractivity (Wildman–Crippen MR) is 238 cm³/mol. The molecule has 0 fully saturated rings. The van der Waals surface area contributed by atoms with E-state index in [0.717, 1.165) is 71.8 Å². The zero-order chi connectivity index (χ0) is 37.2. The van der Waals surface area contributed by atoms with Crippen LogP contribution >= 0.6 is 0 Å². The molecule has 264 valence electrons. The van der Waals surface area contributed by atoms with Gasteiger partial charge in [0.25, 0.3) is 6.71 Å². The molecule has 0 radical (unpaired) electrons. The first-order valence-electron chi connectivity index (χ1n) is 19.5. The molecule has 4 nitrogen and oxygen atoms in total. The summed E-state index contributed by atoms with van der Waals surface area (Å²) in [4.78, 5) is 4.90. The molecule has 5 heteroatoms. The van der Waals surface area contributed by atoms with Gasteiger partial charge in [-0.3, -0.25) is 0 Å². The molecule has 0 aliphatic carbocycles. The van der Waals surface area contributed by atoms with Gasteiger partial charge in [0.15, 0.2) is 0 Å². The Kier molecular flexibility index (Phi) is 6.22. The van der Waals surface area contributed by atoms with Gasteiger partial charge in [-0.05, 0) is 94.1 Å². The average Bonchev–Trinajstić information content (AvgIpc) is 3.85. The third-order valence-corrected chi connectivity index (χ3v) is 12.3. The minimum absolute atomic E-state index is 0.0749. The predicted octanol–water partition coefficient (Wildman–Crippen LogP) is 12.4. The first kappa shape index (κ1) is 30.8. The lowest BCUT2D eigenvalue weighted by atomic mass is 9.33. The summed E-state index contributed by atoms with van der Waals surface area (Å²) in [5, 5.41) is 6.83. The number of furan rings is 2. The first-order chi connectivity index (χ1) is 28.3. The number of nitrogens with zero attached hydrogens (tertiary/aromatic N) is 2. The highest BCUT2D eigenvalue weighted by molar-refractivity contribution is 7.00. The van der Waals surface area contributed by atoms with E-state index in [4.69, 9.17) is 8.83 Å². The van der Waals surface area contributed by atoms with Gasteiger partial charge in [0.2, 0.25) is 0 Å². The molecule has 57 heavy (non-hydrogen) atoms. The zero-order valence-electron chi connectivity index (χ0n) is 30.7. The standard InChI is InChI=1S/C52H31BN2O2/c1-2-12-36-32(11-1)25-29-40-41-31-35(28-30-49(41)57-52(36)40)55-45-19-7-5-17-43(45)53-42-16-4-6-18-44(42)54(46-20-10-21-47(55)50(46)53)34-26-23-33(24-27-34)37-14-9-15-39-38-13-3-8-22-48(38)56-51(37)39/h1-31H. The van der Waals surface area contributed by atoms with Gasteiger partial charge in [-0.1, -0.05) is 121 Å². The van der Waals surface area contributed by atoms with Crippen molar-refractivity contribution in [2.75, 3.05) is 9.80 Å². The van der Waals surface area contributed by atoms with E-state index in [1.54, 1.807) is 0 Å². The largest absolute Gasteiger partial charge is 0.455 e. The van der Waals surface area contributed by atoms with Gasteiger partial charge in [-0.2, -0.15) is 0 Å². The summed E-state index contributed by atoms with van der Waals surface area (Å²) in [6.45, 7) is 0.0749. The number of rotatable bonds is 3. The summed E-state index contributed by atoms with van der Waals surface area (Å²) in [5.74, 6) is 0. The Morgan fingerprint density at radius 1 is 0.368 bits per heavy atom. The van der Waals surface area contributed by atoms with E-state index < -0.39 is 0 Å². The number of para-hydroxylation sites is 4. The minimum atomic E-state index is 0.0749. The first-order valence-corrected chi connectivity index (χ1v) is 19.5. The molecule has 2 aliphatic rings. The molecule has 0 amide bonds. The molecule has 2 aliphatic heterocycles. The molecule has 13 rings (SSSR count). The lowest BCUT2D eigenvalue weighted by molar-refractivity contribution is 0.670. The third-order valence-electron chi connectivity index (χ3n) is 12.3. The third kappa shape index (κ3) is 4.28. The van der Waals surface area contributed by atoms with Gasteiger partial charge in [0, 0.05) is 66.6 Å². The Hall–Kier alpha value is -7.50. The highest BCUT2D eigenvalue weighted by Gasteiger charge is 2.42. The van der Waals surface area contributed by atoms with E-state index in [-0.39, 0.29) is 6.71 Å². The summed E-state index contributed by atoms with van der Waals surface area (Å²) in [6.07, 6.45) is 0. The van der Waals surface area contributed by atoms with Crippen LogP contribution in [0.5, 0.6) is 0 Å². The molecule has 0 spiro atoms. The quantitative estimate of drug-likeness (QED) is 0.170. The summed E-state index contributed by atoms with van der Waals surface area (Å²) in [7, 11) is 0. The van der Waals surface area contributed by atoms with Crippen molar-refractivity contribution in [2.45, 2.75) is 0 Å². The van der Waals surface area contributed by atoms with Crippen LogP contribution in [-0.2, 0) is 0 Å². The molecule has 0 unspecified atom stereocenters. The fraction of sp³-hybridized carbons (Fsp3) is 0. The summed E-state index contributed by atoms with van der Waals surface area (Å²) < 4.78 is 13.0. The second kappa shape index (κ2) is 11.5. The van der Waals surface area contributed by atoms with Crippen LogP contribution in [0.25, 0.3) is 65.8 Å². The maximum absolute atomic E-state index is 6.55. The average molecular weight is 727 g/mol. The normalized spacial score (nSPS) is 13.2.